The van der Waals surface area contributed by atoms with Crippen LogP contribution in [0.1, 0.15) is 43.3 Å². The Kier molecular flexibility index (Phi) is 4.92. The van der Waals surface area contributed by atoms with Crippen molar-refractivity contribution in [2.75, 3.05) is 5.32 Å². The number of aryl methyl sites for hydroxylation is 2. The molecular formula is C18H21N5O2. The number of nitrogens with zero attached hydrogens (tertiary/aromatic N) is 3. The van der Waals surface area contributed by atoms with E-state index >= 15 is 0 Å². The Labute approximate surface area is 145 Å². The van der Waals surface area contributed by atoms with Crippen LogP contribution in [-0.4, -0.2) is 26.2 Å². The highest BCUT2D eigenvalue weighted by molar-refractivity contribution is 5.89. The van der Waals surface area contributed by atoms with E-state index in [2.05, 4.69) is 51.6 Å². The number of carbonyl (C=O) groups excluding carboxylic acids is 1. The lowest BCUT2D eigenvalue weighted by atomic mass is 10.0. The smallest absolute Gasteiger partial charge is 0.227 e. The van der Waals surface area contributed by atoms with Gasteiger partial charge in [-0.25, -0.2) is 0 Å². The molecule has 2 aromatic heterocycles. The van der Waals surface area contributed by atoms with Crippen molar-refractivity contribution in [3.05, 3.63) is 47.5 Å². The van der Waals surface area contributed by atoms with Gasteiger partial charge in [-0.1, -0.05) is 43.3 Å². The molecule has 130 valence electrons. The number of H-pyrrole nitrogens is 1. The van der Waals surface area contributed by atoms with Gasteiger partial charge in [0.2, 0.25) is 17.6 Å². The van der Waals surface area contributed by atoms with Crippen LogP contribution in [0.3, 0.4) is 0 Å². The molecule has 0 spiro atoms. The van der Waals surface area contributed by atoms with Crippen LogP contribution in [0.4, 0.5) is 5.82 Å². The first kappa shape index (κ1) is 16.9. The monoisotopic (exact) mass is 339 g/mol. The van der Waals surface area contributed by atoms with Gasteiger partial charge >= 0.3 is 0 Å². The summed E-state index contributed by atoms with van der Waals surface area (Å²) in [6.07, 6.45) is 0.631. The highest BCUT2D eigenvalue weighted by atomic mass is 16.5. The van der Waals surface area contributed by atoms with Gasteiger partial charge in [0, 0.05) is 30.2 Å². The minimum atomic E-state index is -0.146. The second-order valence-corrected chi connectivity index (χ2v) is 6.27. The third kappa shape index (κ3) is 4.32. The lowest BCUT2D eigenvalue weighted by molar-refractivity contribution is -0.116. The van der Waals surface area contributed by atoms with Crippen molar-refractivity contribution in [1.29, 1.82) is 0 Å². The quantitative estimate of drug-likeness (QED) is 0.717. The zero-order chi connectivity index (χ0) is 17.8. The maximum absolute atomic E-state index is 11.9. The molecule has 0 saturated carbocycles. The van der Waals surface area contributed by atoms with Gasteiger partial charge < -0.3 is 9.84 Å². The molecular weight excluding hydrogens is 318 g/mol. The summed E-state index contributed by atoms with van der Waals surface area (Å²) in [5.74, 6) is 1.82. The molecule has 0 unspecified atom stereocenters. The van der Waals surface area contributed by atoms with E-state index in [9.17, 15) is 4.79 Å². The molecule has 2 N–H and O–H groups in total. The van der Waals surface area contributed by atoms with E-state index < -0.39 is 0 Å². The molecule has 1 amide bonds. The lowest BCUT2D eigenvalue weighted by Gasteiger charge is -2.04. The van der Waals surface area contributed by atoms with Crippen molar-refractivity contribution >= 4 is 11.7 Å². The number of aromatic nitrogens is 4. The number of rotatable bonds is 6. The third-order valence-electron chi connectivity index (χ3n) is 3.84. The summed E-state index contributed by atoms with van der Waals surface area (Å²) in [6, 6.07) is 9.86. The van der Waals surface area contributed by atoms with E-state index in [0.717, 1.165) is 11.3 Å². The topological polar surface area (TPSA) is 96.7 Å². The SMILES string of the molecule is Cc1cc(NC(=O)CCc2nc(-c3ccc(C(C)C)cc3)no2)n[nH]1. The van der Waals surface area contributed by atoms with Gasteiger partial charge in [0.25, 0.3) is 0 Å². The van der Waals surface area contributed by atoms with Crippen molar-refractivity contribution in [2.45, 2.75) is 39.5 Å². The average Bonchev–Trinajstić information content (AvgIpc) is 3.22. The number of amides is 1. The zero-order valence-electron chi connectivity index (χ0n) is 14.5. The van der Waals surface area contributed by atoms with Crippen molar-refractivity contribution in [3.8, 4) is 11.4 Å². The van der Waals surface area contributed by atoms with E-state index in [1.807, 2.05) is 19.1 Å². The van der Waals surface area contributed by atoms with Crippen LogP contribution in [0.5, 0.6) is 0 Å². The molecule has 7 nitrogen and oxygen atoms in total. The normalized spacial score (nSPS) is 11.0. The van der Waals surface area contributed by atoms with Crippen molar-refractivity contribution in [1.82, 2.24) is 20.3 Å². The first-order valence-electron chi connectivity index (χ1n) is 8.26. The summed E-state index contributed by atoms with van der Waals surface area (Å²) in [5.41, 5.74) is 3.05. The van der Waals surface area contributed by atoms with Gasteiger partial charge in [0.05, 0.1) is 0 Å². The Morgan fingerprint density at radius 2 is 2.04 bits per heavy atom. The first-order valence-corrected chi connectivity index (χ1v) is 8.26. The standard InChI is InChI=1S/C18H21N5O2/c1-11(2)13-4-6-14(7-5-13)18-20-17(25-23-18)9-8-16(24)19-15-10-12(3)21-22-15/h4-7,10-11H,8-9H2,1-3H3,(H2,19,21,22,24). The minimum absolute atomic E-state index is 0.146. The molecule has 0 fully saturated rings. The van der Waals surface area contributed by atoms with E-state index in [1.54, 1.807) is 6.07 Å². The summed E-state index contributed by atoms with van der Waals surface area (Å²) < 4.78 is 5.24. The Morgan fingerprint density at radius 1 is 1.28 bits per heavy atom. The molecule has 3 aromatic rings. The Hall–Kier alpha value is -2.96. The number of nitrogens with one attached hydrogen (secondary N) is 2. The largest absolute Gasteiger partial charge is 0.339 e. The Balaban J connectivity index is 1.57. The summed E-state index contributed by atoms with van der Waals surface area (Å²) in [5, 5.41) is 13.4. The molecule has 0 aliphatic heterocycles. The van der Waals surface area contributed by atoms with Crippen LogP contribution < -0.4 is 5.32 Å². The molecule has 25 heavy (non-hydrogen) atoms. The summed E-state index contributed by atoms with van der Waals surface area (Å²) in [7, 11) is 0. The molecule has 1 aromatic carbocycles. The molecule has 0 aliphatic carbocycles. The fourth-order valence-electron chi connectivity index (χ4n) is 2.40. The van der Waals surface area contributed by atoms with Gasteiger partial charge in [0.1, 0.15) is 0 Å². The maximum Gasteiger partial charge on any atom is 0.227 e. The van der Waals surface area contributed by atoms with Crippen LogP contribution >= 0.6 is 0 Å². The number of anilines is 1. The summed E-state index contributed by atoms with van der Waals surface area (Å²) in [4.78, 5) is 16.3. The lowest BCUT2D eigenvalue weighted by Crippen LogP contribution is -2.12. The Bertz CT molecular complexity index is 848. The van der Waals surface area contributed by atoms with E-state index in [1.165, 1.54) is 5.56 Å². The highest BCUT2D eigenvalue weighted by Gasteiger charge is 2.12. The van der Waals surface area contributed by atoms with Crippen LogP contribution in [0, 0.1) is 6.92 Å². The molecule has 0 aliphatic rings. The number of carbonyl (C=O) groups is 1. The van der Waals surface area contributed by atoms with E-state index in [4.69, 9.17) is 4.52 Å². The fraction of sp³-hybridized carbons (Fsp3) is 0.333. The van der Waals surface area contributed by atoms with Crippen molar-refractivity contribution < 1.29 is 9.32 Å². The van der Waals surface area contributed by atoms with Gasteiger partial charge in [-0.2, -0.15) is 10.1 Å². The molecule has 0 atom stereocenters. The number of aromatic amines is 1. The number of hydrogen-bond donors (Lipinski definition) is 2. The van der Waals surface area contributed by atoms with Gasteiger partial charge in [0.15, 0.2) is 5.82 Å². The molecule has 3 rings (SSSR count). The number of benzene rings is 1. The molecule has 2 heterocycles. The predicted molar refractivity (Wildman–Crippen MR) is 94.1 cm³/mol. The van der Waals surface area contributed by atoms with Crippen LogP contribution in [0.25, 0.3) is 11.4 Å². The average molecular weight is 339 g/mol. The van der Waals surface area contributed by atoms with Crippen LogP contribution in [-0.2, 0) is 11.2 Å². The Morgan fingerprint density at radius 3 is 2.68 bits per heavy atom. The molecule has 0 saturated heterocycles. The van der Waals surface area contributed by atoms with Gasteiger partial charge in [-0.05, 0) is 18.4 Å². The van der Waals surface area contributed by atoms with Gasteiger partial charge in [-0.15, -0.1) is 0 Å². The fourth-order valence-corrected chi connectivity index (χ4v) is 2.40. The first-order chi connectivity index (χ1) is 12.0. The second kappa shape index (κ2) is 7.29. The third-order valence-corrected chi connectivity index (χ3v) is 3.84. The molecule has 0 bridgehead atoms. The predicted octanol–water partition coefficient (Wildman–Crippen LogP) is 3.46. The molecule has 7 heteroatoms. The van der Waals surface area contributed by atoms with Crippen LogP contribution in [0.15, 0.2) is 34.9 Å². The maximum atomic E-state index is 11.9. The van der Waals surface area contributed by atoms with Crippen LogP contribution in [0.2, 0.25) is 0 Å². The van der Waals surface area contributed by atoms with Crippen molar-refractivity contribution in [3.63, 3.8) is 0 Å². The second-order valence-electron chi connectivity index (χ2n) is 6.27. The summed E-state index contributed by atoms with van der Waals surface area (Å²) >= 11 is 0. The van der Waals surface area contributed by atoms with E-state index in [0.29, 0.717) is 29.9 Å². The zero-order valence-corrected chi connectivity index (χ0v) is 14.5. The van der Waals surface area contributed by atoms with E-state index in [-0.39, 0.29) is 12.3 Å². The summed E-state index contributed by atoms with van der Waals surface area (Å²) in [6.45, 7) is 6.17. The molecule has 0 radical (unpaired) electrons. The van der Waals surface area contributed by atoms with Crippen molar-refractivity contribution in [2.24, 2.45) is 0 Å². The highest BCUT2D eigenvalue weighted by Crippen LogP contribution is 2.20. The number of hydrogen-bond acceptors (Lipinski definition) is 5. The minimum Gasteiger partial charge on any atom is -0.339 e. The van der Waals surface area contributed by atoms with Gasteiger partial charge in [-0.3, -0.25) is 9.89 Å².